The minimum atomic E-state index is -0.206. The van der Waals surface area contributed by atoms with Crippen LogP contribution in [0.2, 0.25) is 0 Å². The van der Waals surface area contributed by atoms with Crippen LogP contribution in [-0.2, 0) is 20.9 Å². The summed E-state index contributed by atoms with van der Waals surface area (Å²) in [5.41, 5.74) is 4.29. The third-order valence-electron chi connectivity index (χ3n) is 6.92. The summed E-state index contributed by atoms with van der Waals surface area (Å²) in [6.07, 6.45) is 3.91. The molecule has 2 aromatic carbocycles. The van der Waals surface area contributed by atoms with Gasteiger partial charge in [0.15, 0.2) is 12.6 Å². The lowest BCUT2D eigenvalue weighted by molar-refractivity contribution is -0.925. The van der Waals surface area contributed by atoms with Crippen molar-refractivity contribution in [3.63, 3.8) is 0 Å². The maximum absolute atomic E-state index is 13.7. The maximum atomic E-state index is 13.7. The topological polar surface area (TPSA) is 46.6 Å². The van der Waals surface area contributed by atoms with E-state index in [4.69, 9.17) is 4.74 Å². The van der Waals surface area contributed by atoms with Crippen LogP contribution in [0.15, 0.2) is 48.5 Å². The molecule has 5 heteroatoms. The van der Waals surface area contributed by atoms with Gasteiger partial charge >= 0.3 is 5.97 Å². The van der Waals surface area contributed by atoms with Crippen LogP contribution in [0.5, 0.6) is 0 Å². The molecule has 0 radical (unpaired) electrons. The summed E-state index contributed by atoms with van der Waals surface area (Å²) in [5, 5.41) is 0. The molecule has 2 aliphatic rings. The molecule has 0 saturated carbocycles. The van der Waals surface area contributed by atoms with Crippen LogP contribution in [0.25, 0.3) is 0 Å². The summed E-state index contributed by atoms with van der Waals surface area (Å²) in [5.74, 6) is -0.0378. The molecule has 1 atom stereocenters. The van der Waals surface area contributed by atoms with Gasteiger partial charge < -0.3 is 14.1 Å². The third-order valence-corrected chi connectivity index (χ3v) is 6.92. The number of hydrogen-bond donors (Lipinski definition) is 0. The second-order valence-electron chi connectivity index (χ2n) is 9.07. The smallest absolute Gasteiger partial charge is 0.362 e. The second kappa shape index (κ2) is 9.23. The van der Waals surface area contributed by atoms with Gasteiger partial charge in [-0.05, 0) is 37.0 Å². The third kappa shape index (κ3) is 4.52. The summed E-state index contributed by atoms with van der Waals surface area (Å²) in [4.78, 5) is 28.5. The van der Waals surface area contributed by atoms with Crippen LogP contribution >= 0.6 is 0 Å². The van der Waals surface area contributed by atoms with E-state index in [1.165, 1.54) is 0 Å². The molecular weight excluding hydrogens is 388 g/mol. The van der Waals surface area contributed by atoms with Crippen molar-refractivity contribution < 1.29 is 18.8 Å². The van der Waals surface area contributed by atoms with Crippen molar-refractivity contribution in [2.75, 3.05) is 31.1 Å². The molecule has 5 nitrogen and oxygen atoms in total. The van der Waals surface area contributed by atoms with E-state index in [1.54, 1.807) is 0 Å². The molecule has 2 heterocycles. The summed E-state index contributed by atoms with van der Waals surface area (Å²) >= 11 is 0. The van der Waals surface area contributed by atoms with E-state index >= 15 is 0 Å². The number of esters is 1. The van der Waals surface area contributed by atoms with Crippen LogP contribution in [0, 0.1) is 13.8 Å². The van der Waals surface area contributed by atoms with E-state index in [0.717, 1.165) is 67.7 Å². The number of rotatable bonds is 6. The molecule has 164 valence electrons. The molecule has 1 unspecified atom stereocenters. The van der Waals surface area contributed by atoms with Crippen molar-refractivity contribution >= 4 is 17.6 Å². The number of quaternary nitrogens is 1. The van der Waals surface area contributed by atoms with Crippen molar-refractivity contribution in [3.8, 4) is 0 Å². The Kier molecular flexibility index (Phi) is 6.42. The Hall–Kier alpha value is -2.66. The molecule has 1 amide bonds. The highest BCUT2D eigenvalue weighted by molar-refractivity contribution is 5.98. The van der Waals surface area contributed by atoms with Gasteiger partial charge in [0.2, 0.25) is 0 Å². The monoisotopic (exact) mass is 421 g/mol. The molecule has 31 heavy (non-hydrogen) atoms. The van der Waals surface area contributed by atoms with E-state index in [-0.39, 0.29) is 31.1 Å². The number of hydrogen-bond acceptors (Lipinski definition) is 3. The normalized spacial score (nSPS) is 20.6. The Balaban J connectivity index is 1.51. The first kappa shape index (κ1) is 21.6. The molecule has 4 rings (SSSR count). The van der Waals surface area contributed by atoms with E-state index in [9.17, 15) is 9.59 Å². The molecule has 0 spiro atoms. The summed E-state index contributed by atoms with van der Waals surface area (Å²) in [6.45, 7) is 7.20. The van der Waals surface area contributed by atoms with Gasteiger partial charge in [-0.1, -0.05) is 48.5 Å². The molecule has 0 aliphatic carbocycles. The Morgan fingerprint density at radius 1 is 1.00 bits per heavy atom. The van der Waals surface area contributed by atoms with Gasteiger partial charge in [-0.3, -0.25) is 4.79 Å². The Bertz CT molecular complexity index is 915. The second-order valence-corrected chi connectivity index (χ2v) is 9.07. The van der Waals surface area contributed by atoms with Gasteiger partial charge in [0.25, 0.3) is 5.91 Å². The van der Waals surface area contributed by atoms with Crippen LogP contribution in [0.4, 0.5) is 5.69 Å². The summed E-state index contributed by atoms with van der Waals surface area (Å²) < 4.78 is 6.16. The first-order valence-corrected chi connectivity index (χ1v) is 11.4. The molecule has 0 bridgehead atoms. The summed E-state index contributed by atoms with van der Waals surface area (Å²) in [7, 11) is 0. The zero-order valence-electron chi connectivity index (χ0n) is 18.7. The fourth-order valence-corrected chi connectivity index (χ4v) is 5.40. The zero-order chi connectivity index (χ0) is 21.8. The van der Waals surface area contributed by atoms with Crippen molar-refractivity contribution in [2.24, 2.45) is 0 Å². The van der Waals surface area contributed by atoms with E-state index < -0.39 is 0 Å². The number of likely N-dealkylation sites (tertiary alicyclic amines) is 1. The molecule has 2 aromatic rings. The van der Waals surface area contributed by atoms with Crippen LogP contribution in [0.1, 0.15) is 42.4 Å². The number of benzene rings is 2. The lowest BCUT2D eigenvalue weighted by atomic mass is 9.97. The van der Waals surface area contributed by atoms with E-state index in [0.29, 0.717) is 4.48 Å². The molecule has 2 aliphatic heterocycles. The fraction of sp³-hybridized carbons (Fsp3) is 0.462. The number of piperidine rings is 1. The molecule has 0 aromatic heterocycles. The molecule has 2 saturated heterocycles. The highest BCUT2D eigenvalue weighted by Crippen LogP contribution is 2.34. The maximum Gasteiger partial charge on any atom is 0.362 e. The number of amides is 1. The van der Waals surface area contributed by atoms with Gasteiger partial charge in [0.1, 0.15) is 6.61 Å². The van der Waals surface area contributed by atoms with Crippen molar-refractivity contribution in [2.45, 2.75) is 52.2 Å². The highest BCUT2D eigenvalue weighted by Gasteiger charge is 2.49. The number of anilines is 1. The lowest BCUT2D eigenvalue weighted by Crippen LogP contribution is -2.64. The van der Waals surface area contributed by atoms with Gasteiger partial charge in [-0.25, -0.2) is 4.79 Å². The number of nitrogens with zero attached hydrogens (tertiary/aromatic N) is 2. The predicted octanol–water partition coefficient (Wildman–Crippen LogP) is 4.15. The number of para-hydroxylation sites is 1. The highest BCUT2D eigenvalue weighted by atomic mass is 16.5. The minimum Gasteiger partial charge on any atom is -0.457 e. The van der Waals surface area contributed by atoms with Gasteiger partial charge in [-0.2, -0.15) is 0 Å². The zero-order valence-corrected chi connectivity index (χ0v) is 18.7. The summed E-state index contributed by atoms with van der Waals surface area (Å²) in [6, 6.07) is 15.8. The molecular formula is C26H33N2O3+. The standard InChI is InChI=1S/C26H33N2O3/c1-20-10-8-11-21(2)25(20)27-15-9-14-23(26(27)30)28(16-6-7-17-28)18-24(29)31-19-22-12-4-3-5-13-22/h3-5,8,10-13,23H,6-7,9,14-19H2,1-2H3/q+1. The lowest BCUT2D eigenvalue weighted by Gasteiger charge is -2.44. The van der Waals surface area contributed by atoms with Crippen molar-refractivity contribution in [3.05, 3.63) is 65.2 Å². The van der Waals surface area contributed by atoms with Crippen molar-refractivity contribution in [1.82, 2.24) is 0 Å². The van der Waals surface area contributed by atoms with Gasteiger partial charge in [0, 0.05) is 31.5 Å². The SMILES string of the molecule is Cc1cccc(C)c1N1CCCC([N+]2(CC(=O)OCc3ccccc3)CCCC2)C1=O. The van der Waals surface area contributed by atoms with E-state index in [1.807, 2.05) is 41.3 Å². The van der Waals surface area contributed by atoms with Gasteiger partial charge in [-0.15, -0.1) is 0 Å². The Labute approximate surface area is 185 Å². The number of aryl methyl sites for hydroxylation is 2. The predicted molar refractivity (Wildman–Crippen MR) is 122 cm³/mol. The first-order chi connectivity index (χ1) is 15.0. The Morgan fingerprint density at radius 2 is 1.68 bits per heavy atom. The fourth-order valence-electron chi connectivity index (χ4n) is 5.40. The Morgan fingerprint density at radius 3 is 2.35 bits per heavy atom. The van der Waals surface area contributed by atoms with E-state index in [2.05, 4.69) is 26.0 Å². The number of ether oxygens (including phenoxy) is 1. The van der Waals surface area contributed by atoms with Crippen molar-refractivity contribution in [1.29, 1.82) is 0 Å². The minimum absolute atomic E-state index is 0.167. The molecule has 2 fully saturated rings. The number of carbonyl (C=O) groups excluding carboxylic acids is 2. The number of carbonyl (C=O) groups is 2. The quantitative estimate of drug-likeness (QED) is 0.520. The van der Waals surface area contributed by atoms with Crippen LogP contribution < -0.4 is 4.90 Å². The average Bonchev–Trinajstić information content (AvgIpc) is 3.23. The van der Waals surface area contributed by atoms with Crippen LogP contribution in [0.3, 0.4) is 0 Å². The largest absolute Gasteiger partial charge is 0.457 e. The first-order valence-electron chi connectivity index (χ1n) is 11.4. The van der Waals surface area contributed by atoms with Gasteiger partial charge in [0.05, 0.1) is 13.1 Å². The molecule has 0 N–H and O–H groups in total. The van der Waals surface area contributed by atoms with Crippen LogP contribution in [-0.4, -0.2) is 48.6 Å². The average molecular weight is 422 g/mol.